The Hall–Kier alpha value is -3.72. The Kier molecular flexibility index (Phi) is 6.23. The summed E-state index contributed by atoms with van der Waals surface area (Å²) in [5, 5.41) is 11.9. The van der Waals surface area contributed by atoms with Crippen LogP contribution >= 0.6 is 11.8 Å². The average molecular weight is 435 g/mol. The monoisotopic (exact) mass is 435 g/mol. The molecule has 0 radical (unpaired) electrons. The zero-order chi connectivity index (χ0) is 21.6. The first-order chi connectivity index (χ1) is 15.1. The first-order valence-electron chi connectivity index (χ1n) is 9.32. The Morgan fingerprint density at radius 3 is 2.42 bits per heavy atom. The average Bonchev–Trinajstić information content (AvgIpc) is 3.24. The molecular formula is C22H18FN5O2S. The molecule has 0 aliphatic heterocycles. The number of hydrogen-bond acceptors (Lipinski definition) is 6. The summed E-state index contributed by atoms with van der Waals surface area (Å²) < 4.78 is 20.2. The topological polar surface area (TPSA) is 81.9 Å². The van der Waals surface area contributed by atoms with Crippen LogP contribution in [-0.4, -0.2) is 38.5 Å². The van der Waals surface area contributed by atoms with Gasteiger partial charge in [0.2, 0.25) is 5.91 Å². The number of benzene rings is 2. The highest BCUT2D eigenvalue weighted by molar-refractivity contribution is 7.99. The summed E-state index contributed by atoms with van der Waals surface area (Å²) in [7, 11) is 1.61. The van der Waals surface area contributed by atoms with Crippen LogP contribution in [0.15, 0.2) is 78.2 Å². The number of rotatable bonds is 7. The second-order valence-corrected chi connectivity index (χ2v) is 7.36. The van der Waals surface area contributed by atoms with Gasteiger partial charge >= 0.3 is 0 Å². The molecule has 156 valence electrons. The molecular weight excluding hydrogens is 417 g/mol. The number of ether oxygens (including phenoxy) is 1. The van der Waals surface area contributed by atoms with E-state index in [-0.39, 0.29) is 17.5 Å². The van der Waals surface area contributed by atoms with Crippen LogP contribution in [-0.2, 0) is 4.79 Å². The number of carbonyl (C=O) groups is 1. The van der Waals surface area contributed by atoms with Gasteiger partial charge in [0, 0.05) is 29.3 Å². The second-order valence-electron chi connectivity index (χ2n) is 6.42. The molecule has 2 heterocycles. The van der Waals surface area contributed by atoms with E-state index in [0.717, 1.165) is 17.0 Å². The van der Waals surface area contributed by atoms with Gasteiger partial charge in [0.15, 0.2) is 11.0 Å². The summed E-state index contributed by atoms with van der Waals surface area (Å²) in [6, 6.07) is 16.8. The van der Waals surface area contributed by atoms with E-state index in [1.165, 1.54) is 36.0 Å². The van der Waals surface area contributed by atoms with Gasteiger partial charge in [-0.15, -0.1) is 10.2 Å². The lowest BCUT2D eigenvalue weighted by Gasteiger charge is -2.11. The second kappa shape index (κ2) is 9.40. The molecule has 1 amide bonds. The lowest BCUT2D eigenvalue weighted by atomic mass is 10.2. The van der Waals surface area contributed by atoms with Crippen molar-refractivity contribution < 1.29 is 13.9 Å². The molecule has 9 heteroatoms. The molecule has 2 aromatic carbocycles. The number of nitrogens with one attached hydrogen (secondary N) is 1. The third-order valence-electron chi connectivity index (χ3n) is 4.36. The first kappa shape index (κ1) is 20.5. The summed E-state index contributed by atoms with van der Waals surface area (Å²) in [6.45, 7) is 0. The Labute approximate surface area is 182 Å². The number of pyridine rings is 1. The molecule has 0 atom stereocenters. The van der Waals surface area contributed by atoms with Gasteiger partial charge in [0.05, 0.1) is 12.9 Å². The number of halogens is 1. The lowest BCUT2D eigenvalue weighted by Crippen LogP contribution is -2.14. The normalized spacial score (nSPS) is 10.6. The molecule has 2 aromatic heterocycles. The lowest BCUT2D eigenvalue weighted by molar-refractivity contribution is -0.113. The molecule has 0 saturated heterocycles. The van der Waals surface area contributed by atoms with Gasteiger partial charge in [-0.1, -0.05) is 11.8 Å². The maximum absolute atomic E-state index is 13.0. The maximum atomic E-state index is 13.0. The molecule has 1 N–H and O–H groups in total. The number of nitrogens with zero attached hydrogens (tertiary/aromatic N) is 4. The van der Waals surface area contributed by atoms with Gasteiger partial charge in [0.25, 0.3) is 0 Å². The number of thioether (sulfide) groups is 1. The van der Waals surface area contributed by atoms with Crippen LogP contribution in [0.1, 0.15) is 0 Å². The van der Waals surface area contributed by atoms with Crippen LogP contribution in [0.25, 0.3) is 17.1 Å². The zero-order valence-electron chi connectivity index (χ0n) is 16.5. The van der Waals surface area contributed by atoms with E-state index in [2.05, 4.69) is 20.5 Å². The van der Waals surface area contributed by atoms with Crippen LogP contribution in [0.5, 0.6) is 5.75 Å². The highest BCUT2D eigenvalue weighted by Crippen LogP contribution is 2.28. The molecule has 7 nitrogen and oxygen atoms in total. The summed E-state index contributed by atoms with van der Waals surface area (Å²) in [4.78, 5) is 16.4. The number of amides is 1. The molecule has 0 aliphatic rings. The third-order valence-corrected chi connectivity index (χ3v) is 5.29. The Morgan fingerprint density at radius 1 is 1.03 bits per heavy atom. The van der Waals surface area contributed by atoms with Crippen molar-refractivity contribution >= 4 is 23.4 Å². The molecule has 0 aliphatic carbocycles. The van der Waals surface area contributed by atoms with Crippen molar-refractivity contribution in [3.8, 4) is 22.8 Å². The van der Waals surface area contributed by atoms with E-state index in [4.69, 9.17) is 4.74 Å². The minimum atomic E-state index is -0.358. The maximum Gasteiger partial charge on any atom is 0.234 e. The van der Waals surface area contributed by atoms with Gasteiger partial charge in [-0.2, -0.15) is 0 Å². The molecule has 0 bridgehead atoms. The van der Waals surface area contributed by atoms with Crippen molar-refractivity contribution in [3.05, 3.63) is 78.9 Å². The Balaban J connectivity index is 1.58. The highest BCUT2D eigenvalue weighted by atomic mass is 32.2. The molecule has 0 saturated carbocycles. The van der Waals surface area contributed by atoms with Crippen molar-refractivity contribution in [2.45, 2.75) is 5.16 Å². The van der Waals surface area contributed by atoms with E-state index in [9.17, 15) is 9.18 Å². The number of carbonyl (C=O) groups excluding carboxylic acids is 1. The zero-order valence-corrected chi connectivity index (χ0v) is 17.3. The van der Waals surface area contributed by atoms with Gasteiger partial charge in [-0.3, -0.25) is 14.3 Å². The number of hydrogen-bond donors (Lipinski definition) is 1. The van der Waals surface area contributed by atoms with Crippen LogP contribution in [0.4, 0.5) is 10.1 Å². The summed E-state index contributed by atoms with van der Waals surface area (Å²) in [5.41, 5.74) is 2.21. The van der Waals surface area contributed by atoms with Crippen LogP contribution in [0, 0.1) is 5.82 Å². The largest absolute Gasteiger partial charge is 0.497 e. The first-order valence-corrected chi connectivity index (χ1v) is 10.3. The predicted octanol–water partition coefficient (Wildman–Crippen LogP) is 4.21. The SMILES string of the molecule is COc1ccc(-n2c(SCC(=O)Nc3ccc(F)cc3)nnc2-c2ccncc2)cc1. The summed E-state index contributed by atoms with van der Waals surface area (Å²) in [5.74, 6) is 0.890. The van der Waals surface area contributed by atoms with E-state index < -0.39 is 0 Å². The summed E-state index contributed by atoms with van der Waals surface area (Å²) >= 11 is 1.25. The Morgan fingerprint density at radius 2 is 1.74 bits per heavy atom. The Bertz CT molecular complexity index is 1160. The van der Waals surface area contributed by atoms with Crippen molar-refractivity contribution in [1.29, 1.82) is 0 Å². The highest BCUT2D eigenvalue weighted by Gasteiger charge is 2.17. The van der Waals surface area contributed by atoms with E-state index in [1.807, 2.05) is 41.0 Å². The van der Waals surface area contributed by atoms with Crippen molar-refractivity contribution in [2.24, 2.45) is 0 Å². The van der Waals surface area contributed by atoms with Crippen molar-refractivity contribution in [2.75, 3.05) is 18.2 Å². The number of anilines is 1. The number of methoxy groups -OCH3 is 1. The molecule has 4 rings (SSSR count). The van der Waals surface area contributed by atoms with E-state index >= 15 is 0 Å². The predicted molar refractivity (Wildman–Crippen MR) is 117 cm³/mol. The molecule has 0 unspecified atom stereocenters. The van der Waals surface area contributed by atoms with Crippen LogP contribution in [0.2, 0.25) is 0 Å². The van der Waals surface area contributed by atoms with Crippen molar-refractivity contribution in [1.82, 2.24) is 19.7 Å². The van der Waals surface area contributed by atoms with E-state index in [0.29, 0.717) is 16.7 Å². The molecule has 0 fully saturated rings. The third kappa shape index (κ3) is 4.89. The number of aromatic nitrogens is 4. The summed E-state index contributed by atoms with van der Waals surface area (Å²) in [6.07, 6.45) is 3.37. The van der Waals surface area contributed by atoms with Crippen molar-refractivity contribution in [3.63, 3.8) is 0 Å². The molecule has 4 aromatic rings. The smallest absolute Gasteiger partial charge is 0.234 e. The standard InChI is InChI=1S/C22H18FN5O2S/c1-30-19-8-6-18(7-9-19)28-21(15-10-12-24-13-11-15)26-27-22(28)31-14-20(29)25-17-4-2-16(23)3-5-17/h2-13H,14H2,1H3,(H,25,29). The van der Waals surface area contributed by atoms with E-state index in [1.54, 1.807) is 19.5 Å². The quantitative estimate of drug-likeness (QED) is 0.438. The van der Waals surface area contributed by atoms with Gasteiger partial charge in [0.1, 0.15) is 11.6 Å². The van der Waals surface area contributed by atoms with Gasteiger partial charge in [-0.25, -0.2) is 4.39 Å². The molecule has 31 heavy (non-hydrogen) atoms. The molecule has 0 spiro atoms. The van der Waals surface area contributed by atoms with Crippen LogP contribution < -0.4 is 10.1 Å². The van der Waals surface area contributed by atoms with Gasteiger partial charge < -0.3 is 10.1 Å². The minimum Gasteiger partial charge on any atom is -0.497 e. The minimum absolute atomic E-state index is 0.113. The van der Waals surface area contributed by atoms with Gasteiger partial charge in [-0.05, 0) is 60.7 Å². The fourth-order valence-electron chi connectivity index (χ4n) is 2.88. The fourth-order valence-corrected chi connectivity index (χ4v) is 3.63. The fraction of sp³-hybridized carbons (Fsp3) is 0.0909. The van der Waals surface area contributed by atoms with Crippen LogP contribution in [0.3, 0.4) is 0 Å².